The number of aryl methyl sites for hydroxylation is 1. The average Bonchev–Trinajstić information content (AvgIpc) is 2.25. The molecule has 17 heavy (non-hydrogen) atoms. The van der Waals surface area contributed by atoms with Crippen LogP contribution in [0.5, 0.6) is 5.75 Å². The van der Waals surface area contributed by atoms with Gasteiger partial charge in [0.1, 0.15) is 5.75 Å². The van der Waals surface area contributed by atoms with E-state index in [0.29, 0.717) is 5.75 Å². The number of hydrogen-bond acceptors (Lipinski definition) is 2. The Hall–Kier alpha value is -1.02. The monoisotopic (exact) mass is 235 g/mol. The molecule has 1 atom stereocenters. The SMILES string of the molecule is Cc1ccc(C(C)N(C)CCC(C)C)c(O)c1. The molecule has 2 heteroatoms. The molecule has 1 N–H and O–H groups in total. The van der Waals surface area contributed by atoms with Gasteiger partial charge in [-0.15, -0.1) is 0 Å². The maximum Gasteiger partial charge on any atom is 0.120 e. The van der Waals surface area contributed by atoms with E-state index in [-0.39, 0.29) is 6.04 Å². The minimum atomic E-state index is 0.259. The lowest BCUT2D eigenvalue weighted by Gasteiger charge is -2.26. The van der Waals surface area contributed by atoms with Crippen LogP contribution in [0.15, 0.2) is 18.2 Å². The third kappa shape index (κ3) is 4.04. The van der Waals surface area contributed by atoms with Crippen molar-refractivity contribution in [3.63, 3.8) is 0 Å². The molecule has 0 aromatic heterocycles. The summed E-state index contributed by atoms with van der Waals surface area (Å²) in [5, 5.41) is 9.96. The first kappa shape index (κ1) is 14.0. The molecule has 0 aliphatic heterocycles. The molecule has 0 aliphatic rings. The van der Waals surface area contributed by atoms with Crippen LogP contribution in [0, 0.1) is 12.8 Å². The van der Waals surface area contributed by atoms with Crippen LogP contribution in [-0.2, 0) is 0 Å². The van der Waals surface area contributed by atoms with Crippen LogP contribution in [0.4, 0.5) is 0 Å². The minimum Gasteiger partial charge on any atom is -0.508 e. The molecule has 0 amide bonds. The molecule has 0 aliphatic carbocycles. The molecule has 1 aromatic carbocycles. The standard InChI is InChI=1S/C15H25NO/c1-11(2)8-9-16(5)13(4)14-7-6-12(3)10-15(14)17/h6-7,10-11,13,17H,8-9H2,1-5H3. The van der Waals surface area contributed by atoms with Gasteiger partial charge in [0, 0.05) is 11.6 Å². The molecule has 1 rings (SSSR count). The highest BCUT2D eigenvalue weighted by atomic mass is 16.3. The number of hydrogen-bond donors (Lipinski definition) is 1. The lowest BCUT2D eigenvalue weighted by molar-refractivity contribution is 0.242. The Labute approximate surface area is 105 Å². The molecule has 0 saturated carbocycles. The van der Waals surface area contributed by atoms with Gasteiger partial charge in [-0.25, -0.2) is 0 Å². The first-order valence-electron chi connectivity index (χ1n) is 6.41. The van der Waals surface area contributed by atoms with E-state index in [1.807, 2.05) is 19.1 Å². The predicted octanol–water partition coefficient (Wildman–Crippen LogP) is 3.74. The molecule has 0 saturated heterocycles. The van der Waals surface area contributed by atoms with E-state index in [1.165, 1.54) is 6.42 Å². The molecule has 96 valence electrons. The normalized spacial score (nSPS) is 13.4. The molecule has 0 heterocycles. The largest absolute Gasteiger partial charge is 0.508 e. The van der Waals surface area contributed by atoms with Gasteiger partial charge in [0.2, 0.25) is 0 Å². The summed E-state index contributed by atoms with van der Waals surface area (Å²) >= 11 is 0. The van der Waals surface area contributed by atoms with Gasteiger partial charge in [0.15, 0.2) is 0 Å². The lowest BCUT2D eigenvalue weighted by Crippen LogP contribution is -2.24. The molecule has 0 bridgehead atoms. The summed E-state index contributed by atoms with van der Waals surface area (Å²) in [7, 11) is 2.12. The summed E-state index contributed by atoms with van der Waals surface area (Å²) in [4.78, 5) is 2.30. The summed E-state index contributed by atoms with van der Waals surface area (Å²) < 4.78 is 0. The molecule has 2 nitrogen and oxygen atoms in total. The zero-order chi connectivity index (χ0) is 13.0. The second-order valence-electron chi connectivity index (χ2n) is 5.40. The third-order valence-corrected chi connectivity index (χ3v) is 3.36. The van der Waals surface area contributed by atoms with E-state index in [2.05, 4.69) is 38.8 Å². The Bertz CT molecular complexity index is 360. The van der Waals surface area contributed by atoms with Crippen molar-refractivity contribution in [2.75, 3.05) is 13.6 Å². The van der Waals surface area contributed by atoms with Crippen molar-refractivity contribution in [1.82, 2.24) is 4.90 Å². The van der Waals surface area contributed by atoms with Crippen molar-refractivity contribution in [3.8, 4) is 5.75 Å². The van der Waals surface area contributed by atoms with Gasteiger partial charge in [-0.1, -0.05) is 26.0 Å². The number of phenols is 1. The predicted molar refractivity (Wildman–Crippen MR) is 73.3 cm³/mol. The maximum absolute atomic E-state index is 9.96. The first-order valence-corrected chi connectivity index (χ1v) is 6.41. The van der Waals surface area contributed by atoms with Crippen molar-refractivity contribution < 1.29 is 5.11 Å². The smallest absolute Gasteiger partial charge is 0.120 e. The first-order chi connectivity index (χ1) is 7.91. The second-order valence-corrected chi connectivity index (χ2v) is 5.40. The number of benzene rings is 1. The molecule has 0 radical (unpaired) electrons. The van der Waals surface area contributed by atoms with Gasteiger partial charge in [-0.2, -0.15) is 0 Å². The Kier molecular flexibility index (Phi) is 5.01. The van der Waals surface area contributed by atoms with E-state index < -0.39 is 0 Å². The Morgan fingerprint density at radius 2 is 1.88 bits per heavy atom. The molecular weight excluding hydrogens is 210 g/mol. The number of aromatic hydroxyl groups is 1. The van der Waals surface area contributed by atoms with Gasteiger partial charge in [-0.05, 0) is 51.4 Å². The van der Waals surface area contributed by atoms with E-state index in [1.54, 1.807) is 0 Å². The van der Waals surface area contributed by atoms with Crippen molar-refractivity contribution in [2.24, 2.45) is 5.92 Å². The van der Waals surface area contributed by atoms with Crippen LogP contribution < -0.4 is 0 Å². The van der Waals surface area contributed by atoms with Gasteiger partial charge in [0.25, 0.3) is 0 Å². The van der Waals surface area contributed by atoms with Crippen LogP contribution in [0.3, 0.4) is 0 Å². The van der Waals surface area contributed by atoms with Crippen LogP contribution >= 0.6 is 0 Å². The van der Waals surface area contributed by atoms with E-state index in [9.17, 15) is 5.11 Å². The molecule has 1 aromatic rings. The van der Waals surface area contributed by atoms with Crippen LogP contribution in [0.1, 0.15) is 44.4 Å². The number of rotatable bonds is 5. The Balaban J connectivity index is 2.71. The average molecular weight is 235 g/mol. The van der Waals surface area contributed by atoms with Crippen molar-refractivity contribution >= 4 is 0 Å². The zero-order valence-electron chi connectivity index (χ0n) is 11.7. The van der Waals surface area contributed by atoms with Crippen molar-refractivity contribution in [3.05, 3.63) is 29.3 Å². The van der Waals surface area contributed by atoms with Crippen LogP contribution in [0.2, 0.25) is 0 Å². The molecule has 0 fully saturated rings. The van der Waals surface area contributed by atoms with E-state index in [0.717, 1.165) is 23.6 Å². The second kappa shape index (κ2) is 6.06. The summed E-state index contributed by atoms with van der Waals surface area (Å²) in [6, 6.07) is 6.18. The fraction of sp³-hybridized carbons (Fsp3) is 0.600. The van der Waals surface area contributed by atoms with Gasteiger partial charge in [-0.3, -0.25) is 4.90 Å². The van der Waals surface area contributed by atoms with E-state index in [4.69, 9.17) is 0 Å². The third-order valence-electron chi connectivity index (χ3n) is 3.36. The summed E-state index contributed by atoms with van der Waals surface area (Å²) in [6.07, 6.45) is 1.19. The summed E-state index contributed by atoms with van der Waals surface area (Å²) in [5.41, 5.74) is 2.12. The highest BCUT2D eigenvalue weighted by molar-refractivity contribution is 5.37. The lowest BCUT2D eigenvalue weighted by atomic mass is 10.0. The number of phenolic OH excluding ortho intramolecular Hbond substituents is 1. The highest BCUT2D eigenvalue weighted by Gasteiger charge is 2.15. The van der Waals surface area contributed by atoms with Crippen LogP contribution in [-0.4, -0.2) is 23.6 Å². The van der Waals surface area contributed by atoms with E-state index >= 15 is 0 Å². The number of nitrogens with zero attached hydrogens (tertiary/aromatic N) is 1. The topological polar surface area (TPSA) is 23.5 Å². The van der Waals surface area contributed by atoms with Crippen molar-refractivity contribution in [2.45, 2.75) is 40.2 Å². The summed E-state index contributed by atoms with van der Waals surface area (Å²) in [5.74, 6) is 1.13. The van der Waals surface area contributed by atoms with Crippen molar-refractivity contribution in [1.29, 1.82) is 0 Å². The fourth-order valence-electron chi connectivity index (χ4n) is 1.90. The zero-order valence-corrected chi connectivity index (χ0v) is 11.7. The van der Waals surface area contributed by atoms with Crippen LogP contribution in [0.25, 0.3) is 0 Å². The molecular formula is C15H25NO. The van der Waals surface area contributed by atoms with Gasteiger partial charge < -0.3 is 5.11 Å². The molecule has 0 spiro atoms. The van der Waals surface area contributed by atoms with Gasteiger partial charge in [0.05, 0.1) is 0 Å². The fourth-order valence-corrected chi connectivity index (χ4v) is 1.90. The Morgan fingerprint density at radius 3 is 2.41 bits per heavy atom. The highest BCUT2D eigenvalue weighted by Crippen LogP contribution is 2.28. The summed E-state index contributed by atoms with van der Waals surface area (Å²) in [6.45, 7) is 9.68. The maximum atomic E-state index is 9.96. The molecule has 1 unspecified atom stereocenters. The quantitative estimate of drug-likeness (QED) is 0.840. The van der Waals surface area contributed by atoms with Gasteiger partial charge >= 0.3 is 0 Å². The minimum absolute atomic E-state index is 0.259. The Morgan fingerprint density at radius 1 is 1.24 bits per heavy atom.